The van der Waals surface area contributed by atoms with Crippen LogP contribution in [0.25, 0.3) is 0 Å². The van der Waals surface area contributed by atoms with E-state index in [4.69, 9.17) is 0 Å². The SMILES string of the molecule is Cc1nc(CNc2c(F)c(F)nc(F)c2F)no1. The van der Waals surface area contributed by atoms with Gasteiger partial charge in [0.15, 0.2) is 5.82 Å². The summed E-state index contributed by atoms with van der Waals surface area (Å²) >= 11 is 0. The highest BCUT2D eigenvalue weighted by Crippen LogP contribution is 2.22. The van der Waals surface area contributed by atoms with Crippen molar-refractivity contribution in [1.82, 2.24) is 15.1 Å². The molecule has 2 aromatic rings. The normalized spacial score (nSPS) is 10.7. The summed E-state index contributed by atoms with van der Waals surface area (Å²) in [6.45, 7) is 1.26. The van der Waals surface area contributed by atoms with E-state index in [2.05, 4.69) is 25.0 Å². The highest BCUT2D eigenvalue weighted by molar-refractivity contribution is 5.45. The summed E-state index contributed by atoms with van der Waals surface area (Å²) in [4.78, 5) is 6.16. The number of nitrogens with one attached hydrogen (secondary N) is 1. The summed E-state index contributed by atoms with van der Waals surface area (Å²) in [5.41, 5.74) is -0.970. The number of pyridine rings is 1. The van der Waals surface area contributed by atoms with E-state index >= 15 is 0 Å². The fourth-order valence-electron chi connectivity index (χ4n) is 1.22. The molecule has 9 heteroatoms. The molecular weight excluding hydrogens is 256 g/mol. The number of aromatic nitrogens is 3. The van der Waals surface area contributed by atoms with Gasteiger partial charge >= 0.3 is 0 Å². The molecule has 0 aliphatic heterocycles. The second-order valence-corrected chi connectivity index (χ2v) is 3.28. The number of nitrogens with zero attached hydrogens (tertiary/aromatic N) is 3. The molecule has 1 N–H and O–H groups in total. The first kappa shape index (κ1) is 12.3. The second kappa shape index (κ2) is 4.59. The summed E-state index contributed by atoms with van der Waals surface area (Å²) in [6, 6.07) is 0. The lowest BCUT2D eigenvalue weighted by atomic mass is 10.3. The van der Waals surface area contributed by atoms with E-state index in [0.717, 1.165) is 0 Å². The average molecular weight is 262 g/mol. The highest BCUT2D eigenvalue weighted by Gasteiger charge is 2.20. The van der Waals surface area contributed by atoms with Crippen LogP contribution in [0.4, 0.5) is 23.2 Å². The number of rotatable bonds is 3. The van der Waals surface area contributed by atoms with E-state index in [1.807, 2.05) is 0 Å². The minimum absolute atomic E-state index is 0.0870. The maximum absolute atomic E-state index is 13.2. The third kappa shape index (κ3) is 2.24. The van der Waals surface area contributed by atoms with Gasteiger partial charge in [-0.05, 0) is 0 Å². The van der Waals surface area contributed by atoms with Crippen molar-refractivity contribution in [2.75, 3.05) is 5.32 Å². The Balaban J connectivity index is 2.24. The van der Waals surface area contributed by atoms with Crippen LogP contribution in [0.5, 0.6) is 0 Å². The summed E-state index contributed by atoms with van der Waals surface area (Å²) < 4.78 is 56.5. The Kier molecular flexibility index (Phi) is 3.13. The first-order valence-corrected chi connectivity index (χ1v) is 4.72. The first-order chi connectivity index (χ1) is 8.49. The van der Waals surface area contributed by atoms with Crippen molar-refractivity contribution in [3.05, 3.63) is 35.2 Å². The van der Waals surface area contributed by atoms with Crippen molar-refractivity contribution in [2.24, 2.45) is 0 Å². The first-order valence-electron chi connectivity index (χ1n) is 4.72. The lowest BCUT2D eigenvalue weighted by Crippen LogP contribution is -2.10. The van der Waals surface area contributed by atoms with Gasteiger partial charge in [-0.15, -0.1) is 0 Å². The van der Waals surface area contributed by atoms with Crippen molar-refractivity contribution >= 4 is 5.69 Å². The van der Waals surface area contributed by atoms with Crippen LogP contribution in [0.2, 0.25) is 0 Å². The predicted octanol–water partition coefficient (Wildman–Crippen LogP) is 1.94. The number of hydrogen-bond donors (Lipinski definition) is 1. The summed E-state index contributed by atoms with van der Waals surface area (Å²) in [5.74, 6) is -6.37. The fourth-order valence-corrected chi connectivity index (χ4v) is 1.22. The van der Waals surface area contributed by atoms with Gasteiger partial charge in [0.2, 0.25) is 17.5 Å². The standard InChI is InChI=1S/C9H6F4N4O/c1-3-15-4(17-18-3)2-14-7-5(10)8(12)16-9(13)6(7)11/h2H2,1H3,(H,14,16). The molecule has 0 unspecified atom stereocenters. The monoisotopic (exact) mass is 262 g/mol. The van der Waals surface area contributed by atoms with Crippen molar-refractivity contribution in [3.8, 4) is 0 Å². The van der Waals surface area contributed by atoms with Crippen LogP contribution in [0.1, 0.15) is 11.7 Å². The van der Waals surface area contributed by atoms with Gasteiger partial charge in [-0.3, -0.25) is 0 Å². The van der Waals surface area contributed by atoms with E-state index in [1.165, 1.54) is 6.92 Å². The highest BCUT2D eigenvalue weighted by atomic mass is 19.2. The Morgan fingerprint density at radius 1 is 1.06 bits per heavy atom. The van der Waals surface area contributed by atoms with Crippen LogP contribution in [0.15, 0.2) is 4.52 Å². The lowest BCUT2D eigenvalue weighted by molar-refractivity contribution is 0.387. The third-order valence-electron chi connectivity index (χ3n) is 1.99. The van der Waals surface area contributed by atoms with E-state index in [9.17, 15) is 17.6 Å². The Morgan fingerprint density at radius 3 is 2.17 bits per heavy atom. The minimum Gasteiger partial charge on any atom is -0.373 e. The van der Waals surface area contributed by atoms with Crippen LogP contribution in [-0.4, -0.2) is 15.1 Å². The van der Waals surface area contributed by atoms with Gasteiger partial charge in [-0.1, -0.05) is 5.16 Å². The molecular formula is C9H6F4N4O. The number of hydrogen-bond acceptors (Lipinski definition) is 5. The van der Waals surface area contributed by atoms with Crippen molar-refractivity contribution in [2.45, 2.75) is 13.5 Å². The van der Waals surface area contributed by atoms with Gasteiger partial charge in [0.25, 0.3) is 11.9 Å². The molecule has 2 rings (SSSR count). The zero-order chi connectivity index (χ0) is 13.3. The molecule has 0 amide bonds. The van der Waals surface area contributed by atoms with E-state index in [1.54, 1.807) is 0 Å². The minimum atomic E-state index is -1.74. The fraction of sp³-hybridized carbons (Fsp3) is 0.222. The van der Waals surface area contributed by atoms with Crippen LogP contribution in [0, 0.1) is 30.5 Å². The molecule has 0 aliphatic carbocycles. The Morgan fingerprint density at radius 2 is 1.67 bits per heavy atom. The molecule has 96 valence electrons. The Labute approximate surface area is 97.8 Å². The number of halogens is 4. The molecule has 0 aromatic carbocycles. The van der Waals surface area contributed by atoms with Gasteiger partial charge < -0.3 is 9.84 Å². The summed E-state index contributed by atoms with van der Waals surface area (Å²) in [7, 11) is 0. The quantitative estimate of drug-likeness (QED) is 0.676. The molecule has 0 fully saturated rings. The van der Waals surface area contributed by atoms with Gasteiger partial charge in [0.05, 0.1) is 6.54 Å². The zero-order valence-corrected chi connectivity index (χ0v) is 8.97. The molecule has 2 heterocycles. The van der Waals surface area contributed by atoms with Gasteiger partial charge in [-0.2, -0.15) is 27.5 Å². The van der Waals surface area contributed by atoms with Crippen LogP contribution in [-0.2, 0) is 6.54 Å². The van der Waals surface area contributed by atoms with Crippen molar-refractivity contribution in [1.29, 1.82) is 0 Å². The van der Waals surface area contributed by atoms with Crippen LogP contribution in [0.3, 0.4) is 0 Å². The molecule has 2 aromatic heterocycles. The van der Waals surface area contributed by atoms with Gasteiger partial charge in [-0.25, -0.2) is 0 Å². The van der Waals surface area contributed by atoms with Crippen LogP contribution < -0.4 is 5.32 Å². The zero-order valence-electron chi connectivity index (χ0n) is 8.97. The molecule has 0 bridgehead atoms. The maximum atomic E-state index is 13.2. The van der Waals surface area contributed by atoms with E-state index < -0.39 is 29.2 Å². The Bertz CT molecular complexity index is 560. The number of aryl methyl sites for hydroxylation is 1. The molecule has 0 radical (unpaired) electrons. The van der Waals surface area contributed by atoms with E-state index in [0.29, 0.717) is 0 Å². The lowest BCUT2D eigenvalue weighted by Gasteiger charge is -2.07. The van der Waals surface area contributed by atoms with Crippen LogP contribution >= 0.6 is 0 Å². The second-order valence-electron chi connectivity index (χ2n) is 3.28. The molecule has 18 heavy (non-hydrogen) atoms. The van der Waals surface area contributed by atoms with E-state index in [-0.39, 0.29) is 18.3 Å². The molecule has 0 aliphatic rings. The molecule has 0 spiro atoms. The van der Waals surface area contributed by atoms with Gasteiger partial charge in [0.1, 0.15) is 5.69 Å². The maximum Gasteiger partial charge on any atom is 0.253 e. The predicted molar refractivity (Wildman–Crippen MR) is 50.4 cm³/mol. The average Bonchev–Trinajstić information content (AvgIpc) is 2.73. The summed E-state index contributed by atoms with van der Waals surface area (Å²) in [5, 5.41) is 5.58. The molecule has 0 saturated heterocycles. The smallest absolute Gasteiger partial charge is 0.253 e. The molecule has 0 saturated carbocycles. The van der Waals surface area contributed by atoms with Crippen molar-refractivity contribution < 1.29 is 22.1 Å². The largest absolute Gasteiger partial charge is 0.373 e. The number of anilines is 1. The topological polar surface area (TPSA) is 63.8 Å². The summed E-state index contributed by atoms with van der Waals surface area (Å²) in [6.07, 6.45) is 0. The van der Waals surface area contributed by atoms with Crippen molar-refractivity contribution in [3.63, 3.8) is 0 Å². The van der Waals surface area contributed by atoms with Gasteiger partial charge in [0, 0.05) is 6.92 Å². The third-order valence-corrected chi connectivity index (χ3v) is 1.99. The molecule has 0 atom stereocenters. The Hall–Kier alpha value is -2.19. The molecule has 5 nitrogen and oxygen atoms in total.